The molecule has 0 heterocycles. The second kappa shape index (κ2) is 5.53. The maximum atomic E-state index is 9.73. The molecule has 2 rings (SSSR count). The fourth-order valence-electron chi connectivity index (χ4n) is 2.15. The maximum absolute atomic E-state index is 9.73. The molecule has 0 saturated heterocycles. The van der Waals surface area contributed by atoms with Gasteiger partial charge in [0.05, 0.1) is 0 Å². The molecular formula is C16H18O. The topological polar surface area (TPSA) is 20.2 Å². The van der Waals surface area contributed by atoms with Gasteiger partial charge in [0.25, 0.3) is 0 Å². The molecule has 0 aliphatic carbocycles. The van der Waals surface area contributed by atoms with Crippen LogP contribution in [0.15, 0.2) is 54.6 Å². The van der Waals surface area contributed by atoms with Gasteiger partial charge in [0.1, 0.15) is 5.75 Å². The van der Waals surface area contributed by atoms with Gasteiger partial charge in [-0.05, 0) is 36.0 Å². The van der Waals surface area contributed by atoms with E-state index in [2.05, 4.69) is 31.2 Å². The number of phenols is 1. The van der Waals surface area contributed by atoms with Gasteiger partial charge in [0.15, 0.2) is 0 Å². The van der Waals surface area contributed by atoms with Crippen LogP contribution in [0.4, 0.5) is 0 Å². The van der Waals surface area contributed by atoms with Gasteiger partial charge in [0.2, 0.25) is 0 Å². The average Bonchev–Trinajstić information content (AvgIpc) is 2.33. The van der Waals surface area contributed by atoms with Gasteiger partial charge in [-0.1, -0.05) is 55.5 Å². The molecule has 0 spiro atoms. The van der Waals surface area contributed by atoms with Crippen LogP contribution in [0.1, 0.15) is 18.1 Å². The number of aromatic hydroxyl groups is 1. The smallest absolute Gasteiger partial charge is 0.118 e. The molecule has 1 N–H and O–H groups in total. The van der Waals surface area contributed by atoms with Gasteiger partial charge in [-0.15, -0.1) is 0 Å². The lowest BCUT2D eigenvalue weighted by molar-refractivity contribution is 0.459. The summed E-state index contributed by atoms with van der Waals surface area (Å²) >= 11 is 0. The Bertz CT molecular complexity index is 462. The molecule has 1 nitrogen and oxygen atoms in total. The van der Waals surface area contributed by atoms with Crippen molar-refractivity contribution in [3.05, 3.63) is 65.7 Å². The van der Waals surface area contributed by atoms with Crippen molar-refractivity contribution in [1.82, 2.24) is 0 Å². The van der Waals surface area contributed by atoms with E-state index in [-0.39, 0.29) is 0 Å². The first-order valence-corrected chi connectivity index (χ1v) is 6.06. The van der Waals surface area contributed by atoms with E-state index >= 15 is 0 Å². The SMILES string of the molecule is CC(Cc1ccccc1)Cc1ccccc1O. The summed E-state index contributed by atoms with van der Waals surface area (Å²) in [4.78, 5) is 0. The highest BCUT2D eigenvalue weighted by atomic mass is 16.3. The minimum atomic E-state index is 0.410. The largest absolute Gasteiger partial charge is 0.508 e. The summed E-state index contributed by atoms with van der Waals surface area (Å²) in [5.74, 6) is 0.943. The van der Waals surface area contributed by atoms with E-state index in [0.29, 0.717) is 11.7 Å². The van der Waals surface area contributed by atoms with Crippen molar-refractivity contribution in [1.29, 1.82) is 0 Å². The first-order chi connectivity index (χ1) is 8.25. The van der Waals surface area contributed by atoms with Crippen LogP contribution in [0.3, 0.4) is 0 Å². The molecule has 1 atom stereocenters. The Labute approximate surface area is 103 Å². The van der Waals surface area contributed by atoms with Crippen molar-refractivity contribution in [3.63, 3.8) is 0 Å². The number of rotatable bonds is 4. The Morgan fingerprint density at radius 1 is 0.882 bits per heavy atom. The van der Waals surface area contributed by atoms with E-state index in [1.54, 1.807) is 6.07 Å². The summed E-state index contributed by atoms with van der Waals surface area (Å²) in [6, 6.07) is 18.1. The Kier molecular flexibility index (Phi) is 3.81. The average molecular weight is 226 g/mol. The molecule has 0 aromatic heterocycles. The molecule has 1 heteroatoms. The lowest BCUT2D eigenvalue weighted by atomic mass is 9.94. The van der Waals surface area contributed by atoms with Gasteiger partial charge in [-0.2, -0.15) is 0 Å². The highest BCUT2D eigenvalue weighted by Crippen LogP contribution is 2.21. The zero-order valence-electron chi connectivity index (χ0n) is 10.1. The summed E-state index contributed by atoms with van der Waals surface area (Å²) in [5, 5.41) is 9.73. The van der Waals surface area contributed by atoms with Crippen molar-refractivity contribution >= 4 is 0 Å². The highest BCUT2D eigenvalue weighted by Gasteiger charge is 2.07. The quantitative estimate of drug-likeness (QED) is 0.840. The Balaban J connectivity index is 1.98. The van der Waals surface area contributed by atoms with Gasteiger partial charge in [-0.25, -0.2) is 0 Å². The van der Waals surface area contributed by atoms with Crippen molar-refractivity contribution in [2.75, 3.05) is 0 Å². The fourth-order valence-corrected chi connectivity index (χ4v) is 2.15. The molecule has 0 amide bonds. The molecule has 17 heavy (non-hydrogen) atoms. The van der Waals surface area contributed by atoms with E-state index in [1.165, 1.54) is 5.56 Å². The van der Waals surface area contributed by atoms with Crippen LogP contribution in [0.5, 0.6) is 5.75 Å². The molecule has 1 unspecified atom stereocenters. The lowest BCUT2D eigenvalue weighted by Crippen LogP contribution is -2.03. The predicted octanol–water partition coefficient (Wildman–Crippen LogP) is 3.81. The third-order valence-electron chi connectivity index (χ3n) is 2.99. The molecule has 0 fully saturated rings. The van der Waals surface area contributed by atoms with Gasteiger partial charge in [0, 0.05) is 0 Å². The second-order valence-corrected chi connectivity index (χ2v) is 4.63. The van der Waals surface area contributed by atoms with Crippen LogP contribution < -0.4 is 0 Å². The van der Waals surface area contributed by atoms with E-state index < -0.39 is 0 Å². The van der Waals surface area contributed by atoms with Crippen LogP contribution in [0.25, 0.3) is 0 Å². The Morgan fingerprint density at radius 3 is 2.24 bits per heavy atom. The molecular weight excluding hydrogens is 208 g/mol. The zero-order chi connectivity index (χ0) is 12.1. The van der Waals surface area contributed by atoms with Gasteiger partial charge >= 0.3 is 0 Å². The van der Waals surface area contributed by atoms with Gasteiger partial charge < -0.3 is 5.11 Å². The van der Waals surface area contributed by atoms with Crippen molar-refractivity contribution in [2.24, 2.45) is 5.92 Å². The van der Waals surface area contributed by atoms with E-state index in [1.807, 2.05) is 24.3 Å². The number of hydrogen-bond acceptors (Lipinski definition) is 1. The summed E-state index contributed by atoms with van der Waals surface area (Å²) in [7, 11) is 0. The van der Waals surface area contributed by atoms with Crippen LogP contribution >= 0.6 is 0 Å². The summed E-state index contributed by atoms with van der Waals surface area (Å²) in [6.07, 6.45) is 1.97. The van der Waals surface area contributed by atoms with Crippen LogP contribution in [0.2, 0.25) is 0 Å². The van der Waals surface area contributed by atoms with Crippen molar-refractivity contribution in [3.8, 4) is 5.75 Å². The van der Waals surface area contributed by atoms with Crippen LogP contribution in [-0.2, 0) is 12.8 Å². The molecule has 0 aliphatic heterocycles. The second-order valence-electron chi connectivity index (χ2n) is 4.63. The third kappa shape index (κ3) is 3.35. The first kappa shape index (κ1) is 11.7. The third-order valence-corrected chi connectivity index (χ3v) is 2.99. The molecule has 88 valence electrons. The van der Waals surface area contributed by atoms with Crippen molar-refractivity contribution < 1.29 is 5.11 Å². The number of para-hydroxylation sites is 1. The van der Waals surface area contributed by atoms with Gasteiger partial charge in [-0.3, -0.25) is 0 Å². The van der Waals surface area contributed by atoms with E-state index in [9.17, 15) is 5.11 Å². The highest BCUT2D eigenvalue weighted by molar-refractivity contribution is 5.32. The minimum Gasteiger partial charge on any atom is -0.508 e. The molecule has 2 aromatic rings. The standard InChI is InChI=1S/C16H18O/c1-13(11-14-7-3-2-4-8-14)12-15-9-5-6-10-16(15)17/h2-10,13,17H,11-12H2,1H3. The first-order valence-electron chi connectivity index (χ1n) is 6.06. The fraction of sp³-hybridized carbons (Fsp3) is 0.250. The van der Waals surface area contributed by atoms with Crippen LogP contribution in [0, 0.1) is 5.92 Å². The van der Waals surface area contributed by atoms with E-state index in [4.69, 9.17) is 0 Å². The summed E-state index contributed by atoms with van der Waals surface area (Å²) in [5.41, 5.74) is 2.39. The van der Waals surface area contributed by atoms with E-state index in [0.717, 1.165) is 18.4 Å². The predicted molar refractivity (Wildman–Crippen MR) is 71.1 cm³/mol. The normalized spacial score (nSPS) is 12.3. The van der Waals surface area contributed by atoms with Crippen molar-refractivity contribution in [2.45, 2.75) is 19.8 Å². The zero-order valence-corrected chi connectivity index (χ0v) is 10.1. The maximum Gasteiger partial charge on any atom is 0.118 e. The number of hydrogen-bond donors (Lipinski definition) is 1. The molecule has 2 aromatic carbocycles. The molecule has 0 bridgehead atoms. The minimum absolute atomic E-state index is 0.410. The Morgan fingerprint density at radius 2 is 1.53 bits per heavy atom. The molecule has 0 radical (unpaired) electrons. The molecule has 0 aliphatic rings. The summed E-state index contributed by atoms with van der Waals surface area (Å²) < 4.78 is 0. The number of benzene rings is 2. The number of phenolic OH excluding ortho intramolecular Hbond substituents is 1. The monoisotopic (exact) mass is 226 g/mol. The Hall–Kier alpha value is -1.76. The summed E-state index contributed by atoms with van der Waals surface area (Å²) in [6.45, 7) is 2.22. The lowest BCUT2D eigenvalue weighted by Gasteiger charge is -2.12. The molecule has 0 saturated carbocycles. The van der Waals surface area contributed by atoms with Crippen LogP contribution in [-0.4, -0.2) is 5.11 Å².